The number of nitrogens with one attached hydrogen (secondary N) is 1. The lowest BCUT2D eigenvalue weighted by molar-refractivity contribution is -0.152. The molecular weight excluding hydrogens is 455 g/mol. The molecule has 4 N–H and O–H groups in total. The summed E-state index contributed by atoms with van der Waals surface area (Å²) in [7, 11) is 0. The molecule has 1 aliphatic rings. The lowest BCUT2D eigenvalue weighted by Gasteiger charge is -2.39. The molecule has 0 spiro atoms. The van der Waals surface area contributed by atoms with Gasteiger partial charge in [-0.15, -0.1) is 23.2 Å². The molecule has 6 atom stereocenters. The summed E-state index contributed by atoms with van der Waals surface area (Å²) in [5.41, 5.74) is 6.36. The smallest absolute Gasteiger partial charge is 0.329 e. The molecule has 1 aromatic rings. The number of alkyl halides is 2. The highest BCUT2D eigenvalue weighted by Gasteiger charge is 2.46. The number of halogens is 2. The summed E-state index contributed by atoms with van der Waals surface area (Å²) in [5.74, 6) is -1.89. The van der Waals surface area contributed by atoms with E-state index >= 15 is 0 Å². The average Bonchev–Trinajstić information content (AvgIpc) is 2.75. The first kappa shape index (κ1) is 26.9. The zero-order valence-electron chi connectivity index (χ0n) is 18.6. The summed E-state index contributed by atoms with van der Waals surface area (Å²) in [4.78, 5) is 25.7. The van der Waals surface area contributed by atoms with Crippen LogP contribution in [0.25, 0.3) is 0 Å². The Morgan fingerprint density at radius 2 is 1.91 bits per heavy atom. The number of hydrogen-bond donors (Lipinski definition) is 3. The van der Waals surface area contributed by atoms with Crippen LogP contribution in [-0.2, 0) is 25.5 Å². The third-order valence-corrected chi connectivity index (χ3v) is 6.30. The predicted molar refractivity (Wildman–Crippen MR) is 125 cm³/mol. The normalized spacial score (nSPS) is 26.5. The number of esters is 1. The number of nitrogens with two attached hydrogens (primary N) is 1. The molecular formula is C23H34Cl2N2O5. The van der Waals surface area contributed by atoms with Gasteiger partial charge in [-0.25, -0.2) is 4.79 Å². The van der Waals surface area contributed by atoms with Gasteiger partial charge in [0, 0.05) is 13.0 Å². The summed E-state index contributed by atoms with van der Waals surface area (Å²) < 4.78 is 11.1. The standard InChI is InChI=1S/C23H34Cl2N2O5/c1-14(2)32-23(30)18(12-15-8-4-3-5-9-15)27-22(29)16-13-17(24)21(19(25)20(16)28)31-11-7-6-10-26/h3-5,8-9,14,16-21,28H,6-7,10-13,26H2,1-2H3,(H,27,29)/t16?,17?,18-,19?,20?,21?/m0/s1. The number of benzene rings is 1. The van der Waals surface area contributed by atoms with Crippen LogP contribution in [0.3, 0.4) is 0 Å². The van der Waals surface area contributed by atoms with Gasteiger partial charge in [0.15, 0.2) is 0 Å². The maximum absolute atomic E-state index is 13.0. The molecule has 1 saturated carbocycles. The fraction of sp³-hybridized carbons (Fsp3) is 0.652. The van der Waals surface area contributed by atoms with Gasteiger partial charge in [0.25, 0.3) is 0 Å². The van der Waals surface area contributed by atoms with Gasteiger partial charge in [0.2, 0.25) is 5.91 Å². The molecule has 0 heterocycles. The quantitative estimate of drug-likeness (QED) is 0.250. The first-order valence-electron chi connectivity index (χ1n) is 11.1. The van der Waals surface area contributed by atoms with Gasteiger partial charge in [0.1, 0.15) is 6.04 Å². The van der Waals surface area contributed by atoms with Crippen LogP contribution < -0.4 is 11.1 Å². The Morgan fingerprint density at radius 3 is 2.53 bits per heavy atom. The number of amides is 1. The minimum atomic E-state index is -1.16. The molecule has 0 bridgehead atoms. The van der Waals surface area contributed by atoms with E-state index in [4.69, 9.17) is 38.4 Å². The Hall–Kier alpha value is -1.38. The Kier molecular flexibility index (Phi) is 11.2. The fourth-order valence-corrected chi connectivity index (χ4v) is 4.61. The van der Waals surface area contributed by atoms with E-state index in [-0.39, 0.29) is 18.9 Å². The molecule has 0 aromatic heterocycles. The number of ether oxygens (including phenoxy) is 2. The van der Waals surface area contributed by atoms with Crippen molar-refractivity contribution in [1.82, 2.24) is 5.32 Å². The van der Waals surface area contributed by atoms with Crippen molar-refractivity contribution in [3.05, 3.63) is 35.9 Å². The largest absolute Gasteiger partial charge is 0.461 e. The molecule has 7 nitrogen and oxygen atoms in total. The molecule has 1 fully saturated rings. The van der Waals surface area contributed by atoms with E-state index in [0.717, 1.165) is 18.4 Å². The van der Waals surface area contributed by atoms with Crippen molar-refractivity contribution >= 4 is 35.1 Å². The first-order valence-corrected chi connectivity index (χ1v) is 11.9. The topological polar surface area (TPSA) is 111 Å². The zero-order valence-corrected chi connectivity index (χ0v) is 20.1. The Morgan fingerprint density at radius 1 is 1.22 bits per heavy atom. The third-order valence-electron chi connectivity index (χ3n) is 5.37. The first-order chi connectivity index (χ1) is 15.2. The van der Waals surface area contributed by atoms with Gasteiger partial charge in [-0.3, -0.25) is 4.79 Å². The summed E-state index contributed by atoms with van der Waals surface area (Å²) in [6.45, 7) is 4.48. The van der Waals surface area contributed by atoms with Gasteiger partial charge >= 0.3 is 5.97 Å². The summed E-state index contributed by atoms with van der Waals surface area (Å²) in [6, 6.07) is 8.43. The number of hydrogen-bond acceptors (Lipinski definition) is 6. The second-order valence-electron chi connectivity index (χ2n) is 8.36. The van der Waals surface area contributed by atoms with Crippen molar-refractivity contribution in [2.75, 3.05) is 13.2 Å². The molecule has 32 heavy (non-hydrogen) atoms. The lowest BCUT2D eigenvalue weighted by atomic mass is 9.83. The molecule has 1 aromatic carbocycles. The van der Waals surface area contributed by atoms with E-state index in [1.54, 1.807) is 13.8 Å². The average molecular weight is 489 g/mol. The Balaban J connectivity index is 2.05. The van der Waals surface area contributed by atoms with Gasteiger partial charge in [0.05, 0.1) is 35.0 Å². The van der Waals surface area contributed by atoms with E-state index < -0.39 is 46.8 Å². The highest BCUT2D eigenvalue weighted by atomic mass is 35.5. The molecule has 1 amide bonds. The van der Waals surface area contributed by atoms with E-state index in [1.807, 2.05) is 30.3 Å². The van der Waals surface area contributed by atoms with Crippen molar-refractivity contribution in [3.63, 3.8) is 0 Å². The van der Waals surface area contributed by atoms with Crippen LogP contribution in [-0.4, -0.2) is 65.2 Å². The second kappa shape index (κ2) is 13.4. The van der Waals surface area contributed by atoms with Crippen molar-refractivity contribution in [1.29, 1.82) is 0 Å². The minimum absolute atomic E-state index is 0.177. The molecule has 2 rings (SSSR count). The van der Waals surface area contributed by atoms with Crippen LogP contribution in [0.15, 0.2) is 30.3 Å². The van der Waals surface area contributed by atoms with Gasteiger partial charge < -0.3 is 25.6 Å². The molecule has 0 saturated heterocycles. The highest BCUT2D eigenvalue weighted by molar-refractivity contribution is 6.25. The van der Waals surface area contributed by atoms with Crippen LogP contribution in [0.5, 0.6) is 0 Å². The monoisotopic (exact) mass is 488 g/mol. The van der Waals surface area contributed by atoms with Crippen molar-refractivity contribution in [2.24, 2.45) is 11.7 Å². The van der Waals surface area contributed by atoms with Crippen molar-refractivity contribution < 1.29 is 24.2 Å². The van der Waals surface area contributed by atoms with Gasteiger partial charge in [-0.1, -0.05) is 30.3 Å². The van der Waals surface area contributed by atoms with E-state index in [2.05, 4.69) is 5.32 Å². The summed E-state index contributed by atoms with van der Waals surface area (Å²) >= 11 is 12.9. The van der Waals surface area contributed by atoms with Crippen LogP contribution in [0.1, 0.15) is 38.7 Å². The highest BCUT2D eigenvalue weighted by Crippen LogP contribution is 2.34. The minimum Gasteiger partial charge on any atom is -0.461 e. The van der Waals surface area contributed by atoms with E-state index in [1.165, 1.54) is 0 Å². The maximum Gasteiger partial charge on any atom is 0.329 e. The van der Waals surface area contributed by atoms with E-state index in [0.29, 0.717) is 13.2 Å². The third kappa shape index (κ3) is 7.89. The number of aliphatic hydroxyl groups excluding tert-OH is 1. The summed E-state index contributed by atoms with van der Waals surface area (Å²) in [6.07, 6.45) is -0.0473. The van der Waals surface area contributed by atoms with Crippen LogP contribution in [0.4, 0.5) is 0 Å². The summed E-state index contributed by atoms with van der Waals surface area (Å²) in [5, 5.41) is 12.1. The Bertz CT molecular complexity index is 722. The number of carbonyl (C=O) groups excluding carboxylic acids is 2. The van der Waals surface area contributed by atoms with Crippen molar-refractivity contribution in [2.45, 2.75) is 74.6 Å². The fourth-order valence-electron chi connectivity index (χ4n) is 3.69. The van der Waals surface area contributed by atoms with Crippen LogP contribution in [0, 0.1) is 5.92 Å². The number of rotatable bonds is 11. The maximum atomic E-state index is 13.0. The molecule has 180 valence electrons. The molecule has 0 aliphatic heterocycles. The second-order valence-corrected chi connectivity index (χ2v) is 9.43. The van der Waals surface area contributed by atoms with Crippen LogP contribution >= 0.6 is 23.2 Å². The van der Waals surface area contributed by atoms with E-state index in [9.17, 15) is 14.7 Å². The number of carbonyl (C=O) groups is 2. The predicted octanol–water partition coefficient (Wildman–Crippen LogP) is 2.39. The van der Waals surface area contributed by atoms with Crippen molar-refractivity contribution in [3.8, 4) is 0 Å². The molecule has 0 radical (unpaired) electrons. The van der Waals surface area contributed by atoms with Crippen LogP contribution in [0.2, 0.25) is 0 Å². The Labute approximate surface area is 199 Å². The van der Waals surface area contributed by atoms with Gasteiger partial charge in [-0.2, -0.15) is 0 Å². The molecule has 5 unspecified atom stereocenters. The lowest BCUT2D eigenvalue weighted by Crippen LogP contribution is -2.56. The SMILES string of the molecule is CC(C)OC(=O)[C@H](Cc1ccccc1)NC(=O)C1CC(Cl)C(OCCCCN)C(Cl)C1O. The molecule has 1 aliphatic carbocycles. The number of aliphatic hydroxyl groups is 1. The number of unbranched alkanes of at least 4 members (excludes halogenated alkanes) is 1. The molecule has 9 heteroatoms. The van der Waals surface area contributed by atoms with Gasteiger partial charge in [-0.05, 0) is 45.2 Å². The zero-order chi connectivity index (χ0) is 23.7.